The van der Waals surface area contributed by atoms with Crippen LogP contribution in [-0.2, 0) is 0 Å². The zero-order chi connectivity index (χ0) is 18.9. The average molecular weight is 356 g/mol. The van der Waals surface area contributed by atoms with Crippen molar-refractivity contribution in [3.8, 4) is 11.5 Å². The molecule has 4 heteroatoms. The first-order chi connectivity index (χ1) is 12.2. The fourth-order valence-electron chi connectivity index (χ4n) is 6.29. The zero-order valence-corrected chi connectivity index (χ0v) is 15.6. The van der Waals surface area contributed by atoms with E-state index in [1.165, 1.54) is 0 Å². The van der Waals surface area contributed by atoms with Crippen LogP contribution in [0.25, 0.3) is 0 Å². The zero-order valence-electron chi connectivity index (χ0n) is 15.6. The molecule has 0 heterocycles. The Balaban J connectivity index is 1.81. The Morgan fingerprint density at radius 2 is 1.73 bits per heavy atom. The van der Waals surface area contributed by atoms with Crippen molar-refractivity contribution in [3.05, 3.63) is 47.4 Å². The monoisotopic (exact) mass is 356 g/mol. The Morgan fingerprint density at radius 1 is 1.00 bits per heavy atom. The molecule has 4 nitrogen and oxygen atoms in total. The highest BCUT2D eigenvalue weighted by atomic mass is 16.3. The molecule has 140 valence electrons. The Morgan fingerprint density at radius 3 is 2.38 bits per heavy atom. The molecule has 3 aliphatic carbocycles. The molecule has 5 atom stereocenters. The summed E-state index contributed by atoms with van der Waals surface area (Å²) in [6.07, 6.45) is 6.41. The molecule has 1 aromatic rings. The second-order valence-electron chi connectivity index (χ2n) is 9.15. The van der Waals surface area contributed by atoms with Gasteiger partial charge in [0.15, 0.2) is 17.3 Å². The highest BCUT2D eigenvalue weighted by Crippen LogP contribution is 2.75. The molecule has 26 heavy (non-hydrogen) atoms. The van der Waals surface area contributed by atoms with Gasteiger partial charge < -0.3 is 20.4 Å². The fourth-order valence-corrected chi connectivity index (χ4v) is 6.29. The number of aromatic hydroxyl groups is 2. The van der Waals surface area contributed by atoms with Crippen molar-refractivity contribution in [2.45, 2.75) is 46.0 Å². The lowest BCUT2D eigenvalue weighted by molar-refractivity contribution is 0.131. The normalized spacial score (nSPS) is 38.1. The molecule has 0 spiro atoms. The summed E-state index contributed by atoms with van der Waals surface area (Å²) in [5.74, 6) is 1.06. The third-order valence-corrected chi connectivity index (χ3v) is 7.99. The van der Waals surface area contributed by atoms with Gasteiger partial charge in [0.1, 0.15) is 5.76 Å². The lowest BCUT2D eigenvalue weighted by Gasteiger charge is -2.42. The van der Waals surface area contributed by atoms with Gasteiger partial charge in [0.05, 0.1) is 0 Å². The van der Waals surface area contributed by atoms with E-state index in [-0.39, 0.29) is 45.7 Å². The predicted molar refractivity (Wildman–Crippen MR) is 100 cm³/mol. The third kappa shape index (κ3) is 2.14. The van der Waals surface area contributed by atoms with Crippen molar-refractivity contribution < 1.29 is 20.4 Å². The second-order valence-corrected chi connectivity index (χ2v) is 9.15. The minimum Gasteiger partial charge on any atom is -0.508 e. The van der Waals surface area contributed by atoms with Gasteiger partial charge in [-0.05, 0) is 71.1 Å². The molecule has 3 aliphatic rings. The van der Waals surface area contributed by atoms with E-state index in [4.69, 9.17) is 0 Å². The van der Waals surface area contributed by atoms with Crippen molar-refractivity contribution in [2.75, 3.05) is 0 Å². The van der Waals surface area contributed by atoms with Gasteiger partial charge in [0.2, 0.25) is 0 Å². The molecule has 0 amide bonds. The Kier molecular flexibility index (Phi) is 3.63. The van der Waals surface area contributed by atoms with Crippen LogP contribution in [0.2, 0.25) is 0 Å². The summed E-state index contributed by atoms with van der Waals surface area (Å²) in [6.45, 7) is 7.04. The standard InChI is InChI=1S/C22H28O4/c1-21(2)14-8-9-22(21,3)20(13-5-7-16(24)18(26)11-13)19(14)12-4-6-15(23)17(25)10-12/h4-7,11-12,14,19-20,23-26H,8-10H2,1-3H3. The Labute approximate surface area is 154 Å². The number of rotatable bonds is 2. The van der Waals surface area contributed by atoms with Crippen LogP contribution in [0.3, 0.4) is 0 Å². The van der Waals surface area contributed by atoms with Gasteiger partial charge in [-0.2, -0.15) is 0 Å². The van der Waals surface area contributed by atoms with Crippen LogP contribution < -0.4 is 0 Å². The molecule has 2 fully saturated rings. The van der Waals surface area contributed by atoms with Crippen LogP contribution in [0.5, 0.6) is 11.5 Å². The molecule has 2 saturated carbocycles. The maximum atomic E-state index is 10.1. The van der Waals surface area contributed by atoms with E-state index in [2.05, 4.69) is 20.8 Å². The van der Waals surface area contributed by atoms with Crippen molar-refractivity contribution >= 4 is 0 Å². The van der Waals surface area contributed by atoms with Gasteiger partial charge in [-0.1, -0.05) is 32.9 Å². The first kappa shape index (κ1) is 17.3. The maximum Gasteiger partial charge on any atom is 0.157 e. The Hall–Kier alpha value is -2.10. The van der Waals surface area contributed by atoms with Crippen molar-refractivity contribution in [2.24, 2.45) is 28.6 Å². The minimum absolute atomic E-state index is 0.0336. The number of allylic oxidation sites excluding steroid dienone is 3. The number of aliphatic hydroxyl groups is 2. The summed E-state index contributed by atoms with van der Waals surface area (Å²) in [5.41, 5.74) is 1.27. The number of benzene rings is 1. The fraction of sp³-hybridized carbons (Fsp3) is 0.545. The molecule has 5 unspecified atom stereocenters. The first-order valence-electron chi connectivity index (χ1n) is 9.48. The lowest BCUT2D eigenvalue weighted by atomic mass is 9.62. The van der Waals surface area contributed by atoms with Crippen LogP contribution in [0.1, 0.15) is 51.5 Å². The molecule has 4 N–H and O–H groups in total. The molecular weight excluding hydrogens is 328 g/mol. The molecule has 0 saturated heterocycles. The van der Waals surface area contributed by atoms with Gasteiger partial charge in [-0.3, -0.25) is 0 Å². The number of aliphatic hydroxyl groups excluding tert-OH is 2. The summed E-state index contributed by atoms with van der Waals surface area (Å²) in [7, 11) is 0. The predicted octanol–water partition coefficient (Wildman–Crippen LogP) is 5.16. The highest BCUT2D eigenvalue weighted by Gasteiger charge is 2.67. The summed E-state index contributed by atoms with van der Waals surface area (Å²) >= 11 is 0. The van der Waals surface area contributed by atoms with Crippen LogP contribution >= 0.6 is 0 Å². The number of hydrogen-bond acceptors (Lipinski definition) is 4. The number of fused-ring (bicyclic) bond motifs is 2. The van der Waals surface area contributed by atoms with E-state index in [0.29, 0.717) is 18.3 Å². The average Bonchev–Trinajstić information content (AvgIpc) is 2.91. The van der Waals surface area contributed by atoms with Crippen LogP contribution in [0.4, 0.5) is 0 Å². The lowest BCUT2D eigenvalue weighted by Crippen LogP contribution is -2.33. The summed E-state index contributed by atoms with van der Waals surface area (Å²) in [5, 5.41) is 39.7. The van der Waals surface area contributed by atoms with Gasteiger partial charge >= 0.3 is 0 Å². The second kappa shape index (κ2) is 5.45. The van der Waals surface area contributed by atoms with E-state index < -0.39 is 0 Å². The topological polar surface area (TPSA) is 80.9 Å². The maximum absolute atomic E-state index is 10.1. The minimum atomic E-state index is -0.0964. The van der Waals surface area contributed by atoms with Gasteiger partial charge in [-0.25, -0.2) is 0 Å². The first-order valence-corrected chi connectivity index (χ1v) is 9.48. The van der Waals surface area contributed by atoms with Crippen molar-refractivity contribution in [1.82, 2.24) is 0 Å². The van der Waals surface area contributed by atoms with Crippen molar-refractivity contribution in [1.29, 1.82) is 0 Å². The number of phenols is 2. The quantitative estimate of drug-likeness (QED) is 0.552. The van der Waals surface area contributed by atoms with E-state index in [1.807, 2.05) is 12.1 Å². The molecule has 0 aromatic heterocycles. The molecular formula is C22H28O4. The third-order valence-electron chi connectivity index (χ3n) is 7.99. The number of phenolic OH excluding ortho intramolecular Hbond substituents is 2. The smallest absolute Gasteiger partial charge is 0.157 e. The molecule has 1 aromatic carbocycles. The van der Waals surface area contributed by atoms with Crippen LogP contribution in [0, 0.1) is 28.6 Å². The summed E-state index contributed by atoms with van der Waals surface area (Å²) in [4.78, 5) is 0. The number of hydrogen-bond donors (Lipinski definition) is 4. The van der Waals surface area contributed by atoms with E-state index >= 15 is 0 Å². The van der Waals surface area contributed by atoms with Crippen LogP contribution in [0.15, 0.2) is 41.9 Å². The van der Waals surface area contributed by atoms with Gasteiger partial charge in [-0.15, -0.1) is 0 Å². The van der Waals surface area contributed by atoms with Gasteiger partial charge in [0.25, 0.3) is 0 Å². The highest BCUT2D eigenvalue weighted by molar-refractivity contribution is 5.44. The van der Waals surface area contributed by atoms with E-state index in [1.54, 1.807) is 18.2 Å². The van der Waals surface area contributed by atoms with Crippen molar-refractivity contribution in [3.63, 3.8) is 0 Å². The molecule has 4 rings (SSSR count). The summed E-state index contributed by atoms with van der Waals surface area (Å²) in [6, 6.07) is 5.20. The van der Waals surface area contributed by atoms with Gasteiger partial charge in [0, 0.05) is 6.42 Å². The summed E-state index contributed by atoms with van der Waals surface area (Å²) < 4.78 is 0. The van der Waals surface area contributed by atoms with E-state index in [0.717, 1.165) is 18.4 Å². The molecule has 0 radical (unpaired) electrons. The van der Waals surface area contributed by atoms with Crippen LogP contribution in [-0.4, -0.2) is 20.4 Å². The Bertz CT molecular complexity index is 806. The SMILES string of the molecule is CC1(C)C2CCC1(C)C(c1ccc(O)c(O)c1)C2C1C=CC(O)=C(O)C1. The molecule has 2 bridgehead atoms. The largest absolute Gasteiger partial charge is 0.508 e. The molecule has 0 aliphatic heterocycles. The van der Waals surface area contributed by atoms with E-state index in [9.17, 15) is 20.4 Å².